The number of aromatic carboxylic acids is 1. The number of esters is 2. The van der Waals surface area contributed by atoms with Crippen LogP contribution in [-0.2, 0) is 9.59 Å². The van der Waals surface area contributed by atoms with E-state index in [9.17, 15) is 14.4 Å². The van der Waals surface area contributed by atoms with Gasteiger partial charge in [-0.1, -0.05) is 13.8 Å². The molecule has 0 bridgehead atoms. The molecule has 1 aromatic rings. The SMILES string of the molecule is CCC(=O)Oc1ccc(OC(=O)CC)c(C(=O)O)c1. The van der Waals surface area contributed by atoms with Crippen LogP contribution in [0.1, 0.15) is 37.0 Å². The van der Waals surface area contributed by atoms with E-state index in [0.717, 1.165) is 6.07 Å². The summed E-state index contributed by atoms with van der Waals surface area (Å²) in [4.78, 5) is 33.3. The van der Waals surface area contributed by atoms with E-state index in [1.807, 2.05) is 0 Å². The Labute approximate surface area is 109 Å². The normalized spacial score (nSPS) is 9.79. The smallest absolute Gasteiger partial charge is 0.339 e. The average Bonchev–Trinajstić information content (AvgIpc) is 2.39. The Balaban J connectivity index is 3.04. The maximum Gasteiger partial charge on any atom is 0.339 e. The van der Waals surface area contributed by atoms with Gasteiger partial charge >= 0.3 is 17.9 Å². The number of rotatable bonds is 5. The van der Waals surface area contributed by atoms with Crippen molar-refractivity contribution in [3.05, 3.63) is 23.8 Å². The molecular weight excluding hydrogens is 252 g/mol. The van der Waals surface area contributed by atoms with Gasteiger partial charge < -0.3 is 14.6 Å². The monoisotopic (exact) mass is 266 g/mol. The topological polar surface area (TPSA) is 89.9 Å². The van der Waals surface area contributed by atoms with Crippen LogP contribution in [0.25, 0.3) is 0 Å². The molecule has 0 fully saturated rings. The summed E-state index contributed by atoms with van der Waals surface area (Å²) in [6, 6.07) is 3.81. The maximum atomic E-state index is 11.2. The highest BCUT2D eigenvalue weighted by Gasteiger charge is 2.16. The molecule has 6 heteroatoms. The first-order chi connectivity index (χ1) is 8.97. The number of carboxylic acids is 1. The Bertz CT molecular complexity index is 506. The number of carbonyl (C=O) groups is 3. The summed E-state index contributed by atoms with van der Waals surface area (Å²) in [7, 11) is 0. The third-order valence-electron chi connectivity index (χ3n) is 2.21. The van der Waals surface area contributed by atoms with E-state index >= 15 is 0 Å². The lowest BCUT2D eigenvalue weighted by molar-refractivity contribution is -0.135. The predicted molar refractivity (Wildman–Crippen MR) is 65.3 cm³/mol. The molecule has 0 spiro atoms. The fourth-order valence-electron chi connectivity index (χ4n) is 1.23. The van der Waals surface area contributed by atoms with Crippen LogP contribution in [0.4, 0.5) is 0 Å². The van der Waals surface area contributed by atoms with E-state index in [-0.39, 0.29) is 29.9 Å². The van der Waals surface area contributed by atoms with E-state index in [1.54, 1.807) is 13.8 Å². The Morgan fingerprint density at radius 2 is 1.63 bits per heavy atom. The van der Waals surface area contributed by atoms with Crippen molar-refractivity contribution in [2.45, 2.75) is 26.7 Å². The van der Waals surface area contributed by atoms with E-state index in [4.69, 9.17) is 14.6 Å². The van der Waals surface area contributed by atoms with Gasteiger partial charge in [-0.2, -0.15) is 0 Å². The Kier molecular flexibility index (Phi) is 5.05. The molecule has 1 N–H and O–H groups in total. The first-order valence-corrected chi connectivity index (χ1v) is 5.76. The number of carboxylic acid groups (broad SMARTS) is 1. The van der Waals surface area contributed by atoms with Crippen molar-refractivity contribution in [1.82, 2.24) is 0 Å². The van der Waals surface area contributed by atoms with E-state index < -0.39 is 17.9 Å². The van der Waals surface area contributed by atoms with Crippen molar-refractivity contribution in [1.29, 1.82) is 0 Å². The van der Waals surface area contributed by atoms with Crippen molar-refractivity contribution in [2.75, 3.05) is 0 Å². The van der Waals surface area contributed by atoms with Gasteiger partial charge in [0.15, 0.2) is 0 Å². The quantitative estimate of drug-likeness (QED) is 0.647. The van der Waals surface area contributed by atoms with Crippen LogP contribution in [-0.4, -0.2) is 23.0 Å². The highest BCUT2D eigenvalue weighted by Crippen LogP contribution is 2.25. The summed E-state index contributed by atoms with van der Waals surface area (Å²) in [5, 5.41) is 9.04. The number of hydrogen-bond acceptors (Lipinski definition) is 5. The zero-order chi connectivity index (χ0) is 14.4. The second-order valence-corrected chi connectivity index (χ2v) is 3.62. The number of carbonyl (C=O) groups excluding carboxylic acids is 2. The van der Waals surface area contributed by atoms with Gasteiger partial charge in [0.05, 0.1) is 0 Å². The minimum Gasteiger partial charge on any atom is -0.478 e. The van der Waals surface area contributed by atoms with Crippen molar-refractivity contribution >= 4 is 17.9 Å². The van der Waals surface area contributed by atoms with E-state index in [0.29, 0.717) is 0 Å². The van der Waals surface area contributed by atoms with Crippen LogP contribution in [0, 0.1) is 0 Å². The summed E-state index contributed by atoms with van der Waals surface area (Å²) < 4.78 is 9.78. The fraction of sp³-hybridized carbons (Fsp3) is 0.308. The second kappa shape index (κ2) is 6.53. The van der Waals surface area contributed by atoms with Gasteiger partial charge in [-0.25, -0.2) is 4.79 Å². The fourth-order valence-corrected chi connectivity index (χ4v) is 1.23. The first-order valence-electron chi connectivity index (χ1n) is 5.76. The van der Waals surface area contributed by atoms with Gasteiger partial charge in [0.2, 0.25) is 0 Å². The molecule has 102 valence electrons. The molecule has 0 aliphatic heterocycles. The largest absolute Gasteiger partial charge is 0.478 e. The van der Waals surface area contributed by atoms with Crippen LogP contribution >= 0.6 is 0 Å². The lowest BCUT2D eigenvalue weighted by Gasteiger charge is -2.09. The average molecular weight is 266 g/mol. The summed E-state index contributed by atoms with van der Waals surface area (Å²) in [6.07, 6.45) is 0.306. The van der Waals surface area contributed by atoms with Gasteiger partial charge in [-0.05, 0) is 18.2 Å². The zero-order valence-electron chi connectivity index (χ0n) is 10.6. The van der Waals surface area contributed by atoms with Gasteiger partial charge in [-0.3, -0.25) is 9.59 Å². The van der Waals surface area contributed by atoms with Gasteiger partial charge in [0.1, 0.15) is 17.1 Å². The molecule has 0 amide bonds. The molecule has 0 aliphatic carbocycles. The van der Waals surface area contributed by atoms with Crippen LogP contribution in [0.5, 0.6) is 11.5 Å². The van der Waals surface area contributed by atoms with Gasteiger partial charge in [0.25, 0.3) is 0 Å². The minimum absolute atomic E-state index is 0.0735. The molecule has 0 heterocycles. The molecule has 0 aliphatic rings. The maximum absolute atomic E-state index is 11.2. The number of hydrogen-bond donors (Lipinski definition) is 1. The summed E-state index contributed by atoms with van der Waals surface area (Å²) in [5.74, 6) is -2.26. The molecule has 19 heavy (non-hydrogen) atoms. The molecule has 1 aromatic carbocycles. The van der Waals surface area contributed by atoms with Gasteiger partial charge in [0, 0.05) is 12.8 Å². The first kappa shape index (κ1) is 14.7. The van der Waals surface area contributed by atoms with Crippen LogP contribution in [0.3, 0.4) is 0 Å². The van der Waals surface area contributed by atoms with Crippen molar-refractivity contribution < 1.29 is 29.0 Å². The predicted octanol–water partition coefficient (Wildman–Crippen LogP) is 2.02. The molecule has 0 saturated heterocycles. The summed E-state index contributed by atoms with van der Waals surface area (Å²) >= 11 is 0. The van der Waals surface area contributed by atoms with Crippen LogP contribution < -0.4 is 9.47 Å². The van der Waals surface area contributed by atoms with Crippen molar-refractivity contribution in [3.63, 3.8) is 0 Å². The molecule has 0 radical (unpaired) electrons. The standard InChI is InChI=1S/C13H14O6/c1-3-11(14)18-8-5-6-10(19-12(15)4-2)9(7-8)13(16)17/h5-7H,3-4H2,1-2H3,(H,16,17). The van der Waals surface area contributed by atoms with Crippen LogP contribution in [0.15, 0.2) is 18.2 Å². The Hall–Kier alpha value is -2.37. The van der Waals surface area contributed by atoms with Gasteiger partial charge in [-0.15, -0.1) is 0 Å². The minimum atomic E-state index is -1.27. The van der Waals surface area contributed by atoms with E-state index in [1.165, 1.54) is 12.1 Å². The van der Waals surface area contributed by atoms with E-state index in [2.05, 4.69) is 0 Å². The molecule has 0 saturated carbocycles. The highest BCUT2D eigenvalue weighted by molar-refractivity contribution is 5.92. The molecular formula is C13H14O6. The van der Waals surface area contributed by atoms with Crippen molar-refractivity contribution in [2.24, 2.45) is 0 Å². The summed E-state index contributed by atoms with van der Waals surface area (Å²) in [5.41, 5.74) is -0.233. The lowest BCUT2D eigenvalue weighted by atomic mass is 10.2. The summed E-state index contributed by atoms with van der Waals surface area (Å²) in [6.45, 7) is 3.22. The Morgan fingerprint density at radius 1 is 1.05 bits per heavy atom. The lowest BCUT2D eigenvalue weighted by Crippen LogP contribution is -2.11. The highest BCUT2D eigenvalue weighted by atomic mass is 16.5. The second-order valence-electron chi connectivity index (χ2n) is 3.62. The molecule has 6 nitrogen and oxygen atoms in total. The number of ether oxygens (including phenoxy) is 2. The molecule has 1 rings (SSSR count). The van der Waals surface area contributed by atoms with Crippen molar-refractivity contribution in [3.8, 4) is 11.5 Å². The van der Waals surface area contributed by atoms with Crippen LogP contribution in [0.2, 0.25) is 0 Å². The molecule has 0 atom stereocenters. The zero-order valence-corrected chi connectivity index (χ0v) is 10.6. The molecule has 0 aromatic heterocycles. The number of benzene rings is 1. The third-order valence-corrected chi connectivity index (χ3v) is 2.21. The Morgan fingerprint density at radius 3 is 2.16 bits per heavy atom. The molecule has 0 unspecified atom stereocenters. The third kappa shape index (κ3) is 4.09.